The van der Waals surface area contributed by atoms with Crippen LogP contribution in [0.15, 0.2) is 18.2 Å². The minimum Gasteiger partial charge on any atom is -0.396 e. The highest BCUT2D eigenvalue weighted by Crippen LogP contribution is 2.33. The number of carbonyl (C=O) groups is 2. The second-order valence-corrected chi connectivity index (χ2v) is 6.04. The van der Waals surface area contributed by atoms with Gasteiger partial charge in [-0.3, -0.25) is 9.59 Å². The number of aryl methyl sites for hydroxylation is 2. The molecule has 2 rings (SSSR count). The van der Waals surface area contributed by atoms with Crippen LogP contribution in [0.5, 0.6) is 0 Å². The van der Waals surface area contributed by atoms with Crippen LogP contribution in [0, 0.1) is 5.92 Å². The molecule has 2 amide bonds. The van der Waals surface area contributed by atoms with Crippen molar-refractivity contribution in [3.63, 3.8) is 0 Å². The largest absolute Gasteiger partial charge is 0.396 e. The van der Waals surface area contributed by atoms with Crippen LogP contribution < -0.4 is 10.6 Å². The predicted molar refractivity (Wildman–Crippen MR) is 90.2 cm³/mol. The third kappa shape index (κ3) is 4.55. The highest BCUT2D eigenvalue weighted by Gasteiger charge is 2.33. The Bertz CT molecular complexity index is 545. The summed E-state index contributed by atoms with van der Waals surface area (Å²) in [5, 5.41) is 14.6. The molecule has 1 atom stereocenters. The van der Waals surface area contributed by atoms with E-state index in [0.717, 1.165) is 42.5 Å². The fourth-order valence-electron chi connectivity index (χ4n) is 2.87. The average Bonchev–Trinajstić information content (AvgIpc) is 3.39. The summed E-state index contributed by atoms with van der Waals surface area (Å²) in [6.45, 7) is 4.06. The van der Waals surface area contributed by atoms with Gasteiger partial charge >= 0.3 is 11.8 Å². The molecule has 1 aromatic rings. The molecule has 0 bridgehead atoms. The Hall–Kier alpha value is -1.88. The van der Waals surface area contributed by atoms with Crippen LogP contribution in [0.4, 0.5) is 5.69 Å². The first-order valence-electron chi connectivity index (χ1n) is 8.44. The van der Waals surface area contributed by atoms with E-state index in [-0.39, 0.29) is 12.6 Å². The fraction of sp³-hybridized carbons (Fsp3) is 0.556. The van der Waals surface area contributed by atoms with Gasteiger partial charge in [-0.2, -0.15) is 0 Å². The van der Waals surface area contributed by atoms with Crippen molar-refractivity contribution in [3.8, 4) is 0 Å². The normalized spacial score (nSPS) is 15.1. The van der Waals surface area contributed by atoms with Crippen molar-refractivity contribution in [2.24, 2.45) is 5.92 Å². The standard InChI is InChI=1S/C18H26N2O3/c1-3-12-6-5-7-13(4-2)16(12)20-18(23)17(22)19-15(10-11-21)14-8-9-14/h5-7,14-15,21H,3-4,8-11H2,1-2H3,(H,19,22)(H,20,23). The van der Waals surface area contributed by atoms with Gasteiger partial charge in [0.25, 0.3) is 0 Å². The zero-order chi connectivity index (χ0) is 16.8. The predicted octanol–water partition coefficient (Wildman–Crippen LogP) is 2.03. The van der Waals surface area contributed by atoms with Crippen LogP contribution in [-0.4, -0.2) is 29.6 Å². The van der Waals surface area contributed by atoms with E-state index in [9.17, 15) is 9.59 Å². The van der Waals surface area contributed by atoms with Gasteiger partial charge < -0.3 is 15.7 Å². The summed E-state index contributed by atoms with van der Waals surface area (Å²) in [6.07, 6.45) is 4.17. The molecule has 1 aliphatic carbocycles. The van der Waals surface area contributed by atoms with Crippen LogP contribution in [0.1, 0.15) is 44.2 Å². The van der Waals surface area contributed by atoms with E-state index in [1.807, 2.05) is 32.0 Å². The number of rotatable bonds is 7. The van der Waals surface area contributed by atoms with Gasteiger partial charge in [0, 0.05) is 18.3 Å². The lowest BCUT2D eigenvalue weighted by Gasteiger charge is -2.18. The van der Waals surface area contributed by atoms with Gasteiger partial charge in [-0.25, -0.2) is 0 Å². The number of amides is 2. The van der Waals surface area contributed by atoms with Gasteiger partial charge in [0.05, 0.1) is 0 Å². The monoisotopic (exact) mass is 318 g/mol. The number of aliphatic hydroxyl groups excluding tert-OH is 1. The number of nitrogens with one attached hydrogen (secondary N) is 2. The van der Waals surface area contributed by atoms with E-state index in [4.69, 9.17) is 5.11 Å². The molecule has 1 aliphatic rings. The number of para-hydroxylation sites is 1. The number of anilines is 1. The molecule has 5 heteroatoms. The first-order chi connectivity index (χ1) is 11.1. The quantitative estimate of drug-likeness (QED) is 0.673. The first-order valence-corrected chi connectivity index (χ1v) is 8.44. The second-order valence-electron chi connectivity index (χ2n) is 6.04. The van der Waals surface area contributed by atoms with E-state index < -0.39 is 11.8 Å². The SMILES string of the molecule is CCc1cccc(CC)c1NC(=O)C(=O)NC(CCO)C1CC1. The van der Waals surface area contributed by atoms with E-state index >= 15 is 0 Å². The summed E-state index contributed by atoms with van der Waals surface area (Å²) in [6, 6.07) is 5.79. The summed E-state index contributed by atoms with van der Waals surface area (Å²) >= 11 is 0. The molecule has 0 aromatic heterocycles. The van der Waals surface area contributed by atoms with Gasteiger partial charge in [-0.1, -0.05) is 32.0 Å². The Morgan fingerprint density at radius 1 is 1.17 bits per heavy atom. The van der Waals surface area contributed by atoms with Crippen molar-refractivity contribution in [3.05, 3.63) is 29.3 Å². The van der Waals surface area contributed by atoms with Crippen LogP contribution >= 0.6 is 0 Å². The summed E-state index contributed by atoms with van der Waals surface area (Å²) in [5.41, 5.74) is 2.81. The molecule has 0 spiro atoms. The molecule has 0 heterocycles. The van der Waals surface area contributed by atoms with Gasteiger partial charge in [-0.15, -0.1) is 0 Å². The number of aliphatic hydroxyl groups is 1. The molecule has 23 heavy (non-hydrogen) atoms. The van der Waals surface area contributed by atoms with Gasteiger partial charge in [0.15, 0.2) is 0 Å². The van der Waals surface area contributed by atoms with E-state index in [1.54, 1.807) is 0 Å². The minimum atomic E-state index is -0.635. The van der Waals surface area contributed by atoms with Crippen molar-refractivity contribution in [1.29, 1.82) is 0 Å². The Morgan fingerprint density at radius 3 is 2.26 bits per heavy atom. The summed E-state index contributed by atoms with van der Waals surface area (Å²) in [4.78, 5) is 24.4. The Morgan fingerprint density at radius 2 is 1.78 bits per heavy atom. The molecule has 0 radical (unpaired) electrons. The molecule has 3 N–H and O–H groups in total. The molecule has 0 saturated heterocycles. The number of carbonyl (C=O) groups excluding carboxylic acids is 2. The van der Waals surface area contributed by atoms with Gasteiger partial charge in [0.1, 0.15) is 0 Å². The maximum Gasteiger partial charge on any atom is 0.313 e. The topological polar surface area (TPSA) is 78.4 Å². The summed E-state index contributed by atoms with van der Waals surface area (Å²) < 4.78 is 0. The molecule has 126 valence electrons. The zero-order valence-corrected chi connectivity index (χ0v) is 13.9. The van der Waals surface area contributed by atoms with Crippen LogP contribution in [0.25, 0.3) is 0 Å². The highest BCUT2D eigenvalue weighted by molar-refractivity contribution is 6.39. The Balaban J connectivity index is 2.04. The number of hydrogen-bond acceptors (Lipinski definition) is 3. The molecular formula is C18H26N2O3. The third-order valence-electron chi connectivity index (χ3n) is 4.39. The smallest absolute Gasteiger partial charge is 0.313 e. The average molecular weight is 318 g/mol. The molecular weight excluding hydrogens is 292 g/mol. The summed E-state index contributed by atoms with van der Waals surface area (Å²) in [7, 11) is 0. The number of hydrogen-bond donors (Lipinski definition) is 3. The Labute approximate surface area is 137 Å². The fourth-order valence-corrected chi connectivity index (χ4v) is 2.87. The molecule has 1 fully saturated rings. The summed E-state index contributed by atoms with van der Waals surface area (Å²) in [5.74, 6) is -0.861. The molecule has 5 nitrogen and oxygen atoms in total. The number of benzene rings is 1. The lowest BCUT2D eigenvalue weighted by atomic mass is 10.0. The molecule has 0 aliphatic heterocycles. The molecule has 1 aromatic carbocycles. The van der Waals surface area contributed by atoms with Gasteiger partial charge in [-0.05, 0) is 49.1 Å². The maximum absolute atomic E-state index is 12.2. The van der Waals surface area contributed by atoms with E-state index in [0.29, 0.717) is 12.3 Å². The van der Waals surface area contributed by atoms with Crippen LogP contribution in [-0.2, 0) is 22.4 Å². The van der Waals surface area contributed by atoms with Crippen molar-refractivity contribution in [1.82, 2.24) is 5.32 Å². The van der Waals surface area contributed by atoms with Crippen LogP contribution in [0.2, 0.25) is 0 Å². The van der Waals surface area contributed by atoms with Crippen LogP contribution in [0.3, 0.4) is 0 Å². The van der Waals surface area contributed by atoms with E-state index in [1.165, 1.54) is 0 Å². The van der Waals surface area contributed by atoms with Gasteiger partial charge in [0.2, 0.25) is 0 Å². The van der Waals surface area contributed by atoms with Crippen molar-refractivity contribution in [2.45, 2.75) is 52.0 Å². The highest BCUT2D eigenvalue weighted by atomic mass is 16.3. The zero-order valence-electron chi connectivity index (χ0n) is 13.9. The third-order valence-corrected chi connectivity index (χ3v) is 4.39. The minimum absolute atomic E-state index is 0.0156. The van der Waals surface area contributed by atoms with Crippen molar-refractivity contribution < 1.29 is 14.7 Å². The van der Waals surface area contributed by atoms with Crippen molar-refractivity contribution >= 4 is 17.5 Å². The molecule has 1 unspecified atom stereocenters. The Kier molecular flexibility index (Phi) is 6.16. The lowest BCUT2D eigenvalue weighted by molar-refractivity contribution is -0.136. The van der Waals surface area contributed by atoms with E-state index in [2.05, 4.69) is 10.6 Å². The van der Waals surface area contributed by atoms with Crippen molar-refractivity contribution in [2.75, 3.05) is 11.9 Å². The lowest BCUT2D eigenvalue weighted by Crippen LogP contribution is -2.43. The molecule has 1 saturated carbocycles. The second kappa shape index (κ2) is 8.11. The first kappa shape index (κ1) is 17.5. The maximum atomic E-state index is 12.2.